The molecule has 154 valence electrons. The lowest BCUT2D eigenvalue weighted by Crippen LogP contribution is -2.34. The van der Waals surface area contributed by atoms with Gasteiger partial charge in [-0.3, -0.25) is 4.90 Å². The quantitative estimate of drug-likeness (QED) is 0.706. The Morgan fingerprint density at radius 3 is 2.34 bits per heavy atom. The molecule has 8 heteroatoms. The second kappa shape index (κ2) is 7.98. The van der Waals surface area contributed by atoms with Crippen LogP contribution in [0.3, 0.4) is 0 Å². The fourth-order valence-corrected chi connectivity index (χ4v) is 3.62. The van der Waals surface area contributed by atoms with Gasteiger partial charge in [-0.2, -0.15) is 0 Å². The summed E-state index contributed by atoms with van der Waals surface area (Å²) in [7, 11) is 4.68. The van der Waals surface area contributed by atoms with Gasteiger partial charge in [0, 0.05) is 6.54 Å². The highest BCUT2D eigenvalue weighted by Gasteiger charge is 2.33. The molecule has 1 fully saturated rings. The zero-order valence-electron chi connectivity index (χ0n) is 16.6. The first-order valence-corrected chi connectivity index (χ1v) is 9.23. The predicted octanol–water partition coefficient (Wildman–Crippen LogP) is 3.00. The topological polar surface area (TPSA) is 75.7 Å². The van der Waals surface area contributed by atoms with Gasteiger partial charge < -0.3 is 28.4 Å². The summed E-state index contributed by atoms with van der Waals surface area (Å²) in [5.41, 5.74) is 1.90. The average molecular weight is 401 g/mol. The molecule has 0 bridgehead atoms. The van der Waals surface area contributed by atoms with E-state index in [9.17, 15) is 4.79 Å². The van der Waals surface area contributed by atoms with Gasteiger partial charge in [0.2, 0.25) is 12.5 Å². The van der Waals surface area contributed by atoms with Gasteiger partial charge >= 0.3 is 6.09 Å². The van der Waals surface area contributed by atoms with E-state index in [0.29, 0.717) is 36.8 Å². The van der Waals surface area contributed by atoms with Crippen molar-refractivity contribution in [3.8, 4) is 28.7 Å². The van der Waals surface area contributed by atoms with Gasteiger partial charge in [0.25, 0.3) is 0 Å². The molecule has 4 rings (SSSR count). The minimum absolute atomic E-state index is 0.0954. The van der Waals surface area contributed by atoms with Gasteiger partial charge in [0.1, 0.15) is 6.61 Å². The van der Waals surface area contributed by atoms with Crippen LogP contribution >= 0.6 is 0 Å². The Hall–Kier alpha value is -3.29. The number of carbonyl (C=O) groups excluding carboxylic acids is 1. The van der Waals surface area contributed by atoms with Crippen LogP contribution in [0.5, 0.6) is 28.7 Å². The van der Waals surface area contributed by atoms with E-state index >= 15 is 0 Å². The van der Waals surface area contributed by atoms with Crippen LogP contribution in [-0.2, 0) is 17.7 Å². The number of benzene rings is 2. The first-order chi connectivity index (χ1) is 14.1. The highest BCUT2D eigenvalue weighted by molar-refractivity contribution is 5.70. The smallest absolute Gasteiger partial charge is 0.410 e. The molecule has 0 N–H and O–H groups in total. The van der Waals surface area contributed by atoms with Gasteiger partial charge in [0.15, 0.2) is 23.0 Å². The fourth-order valence-electron chi connectivity index (χ4n) is 3.62. The van der Waals surface area contributed by atoms with E-state index in [-0.39, 0.29) is 18.9 Å². The SMILES string of the molecule is COc1cc(CN2C(=O)OCC2Cc2ccc3c(c2)OCO3)cc(OC)c1OC. The Bertz CT molecular complexity index is 889. The molecule has 0 radical (unpaired) electrons. The third-order valence-corrected chi connectivity index (χ3v) is 5.06. The Balaban J connectivity index is 1.54. The maximum Gasteiger partial charge on any atom is 0.410 e. The number of cyclic esters (lactones) is 1. The zero-order chi connectivity index (χ0) is 20.4. The molecule has 1 saturated heterocycles. The minimum atomic E-state index is -0.343. The van der Waals surface area contributed by atoms with E-state index < -0.39 is 0 Å². The lowest BCUT2D eigenvalue weighted by Gasteiger charge is -2.23. The number of amides is 1. The average Bonchev–Trinajstić information content (AvgIpc) is 3.34. The highest BCUT2D eigenvalue weighted by Crippen LogP contribution is 2.39. The summed E-state index contributed by atoms with van der Waals surface area (Å²) in [5.74, 6) is 3.06. The number of nitrogens with zero attached hydrogens (tertiary/aromatic N) is 1. The summed E-state index contributed by atoms with van der Waals surface area (Å²) in [6.07, 6.45) is 0.303. The predicted molar refractivity (Wildman–Crippen MR) is 103 cm³/mol. The van der Waals surface area contributed by atoms with Crippen LogP contribution in [0, 0.1) is 0 Å². The Morgan fingerprint density at radius 2 is 1.66 bits per heavy atom. The highest BCUT2D eigenvalue weighted by atomic mass is 16.7. The van der Waals surface area contributed by atoms with Crippen LogP contribution in [0.4, 0.5) is 4.79 Å². The van der Waals surface area contributed by atoms with Crippen molar-refractivity contribution in [3.63, 3.8) is 0 Å². The molecule has 2 aliphatic rings. The molecule has 2 aromatic carbocycles. The van der Waals surface area contributed by atoms with Crippen LogP contribution in [0.25, 0.3) is 0 Å². The van der Waals surface area contributed by atoms with E-state index in [4.69, 9.17) is 28.4 Å². The molecule has 2 heterocycles. The number of carbonyl (C=O) groups is 1. The van der Waals surface area contributed by atoms with Crippen molar-refractivity contribution < 1.29 is 33.2 Å². The van der Waals surface area contributed by atoms with Crippen molar-refractivity contribution in [3.05, 3.63) is 41.5 Å². The van der Waals surface area contributed by atoms with Crippen LogP contribution in [0.15, 0.2) is 30.3 Å². The number of methoxy groups -OCH3 is 3. The van der Waals surface area contributed by atoms with Crippen LogP contribution in [0.2, 0.25) is 0 Å². The van der Waals surface area contributed by atoms with Crippen LogP contribution in [0.1, 0.15) is 11.1 Å². The Morgan fingerprint density at radius 1 is 0.931 bits per heavy atom. The monoisotopic (exact) mass is 401 g/mol. The summed E-state index contributed by atoms with van der Waals surface area (Å²) < 4.78 is 32.3. The maximum atomic E-state index is 12.4. The van der Waals surface area contributed by atoms with Crippen molar-refractivity contribution in [2.45, 2.75) is 19.0 Å². The van der Waals surface area contributed by atoms with E-state index in [1.54, 1.807) is 26.2 Å². The van der Waals surface area contributed by atoms with Gasteiger partial charge in [-0.1, -0.05) is 6.07 Å². The molecule has 1 atom stereocenters. The summed E-state index contributed by atoms with van der Waals surface area (Å²) >= 11 is 0. The number of hydrogen-bond donors (Lipinski definition) is 0. The van der Waals surface area contributed by atoms with Crippen molar-refractivity contribution in [2.24, 2.45) is 0 Å². The van der Waals surface area contributed by atoms with Gasteiger partial charge in [0.05, 0.1) is 27.4 Å². The molecule has 8 nitrogen and oxygen atoms in total. The van der Waals surface area contributed by atoms with Crippen LogP contribution < -0.4 is 23.7 Å². The molecule has 0 aromatic heterocycles. The molecule has 0 saturated carbocycles. The van der Waals surface area contributed by atoms with E-state index in [1.807, 2.05) is 30.3 Å². The molecular weight excluding hydrogens is 378 g/mol. The van der Waals surface area contributed by atoms with Gasteiger partial charge in [-0.05, 0) is 41.8 Å². The number of fused-ring (bicyclic) bond motifs is 1. The fraction of sp³-hybridized carbons (Fsp3) is 0.381. The Labute approximate surface area is 168 Å². The summed E-state index contributed by atoms with van der Waals surface area (Å²) in [6, 6.07) is 9.40. The normalized spacial score (nSPS) is 17.3. The van der Waals surface area contributed by atoms with E-state index in [1.165, 1.54) is 0 Å². The number of rotatable bonds is 7. The third kappa shape index (κ3) is 3.70. The molecule has 1 unspecified atom stereocenters. The largest absolute Gasteiger partial charge is 0.493 e. The van der Waals surface area contributed by atoms with E-state index in [0.717, 1.165) is 22.6 Å². The zero-order valence-corrected chi connectivity index (χ0v) is 16.6. The second-order valence-corrected chi connectivity index (χ2v) is 6.78. The standard InChI is InChI=1S/C21H23NO7/c1-24-18-8-14(9-19(25-2)20(18)26-3)10-22-15(11-27-21(22)23)6-13-4-5-16-17(7-13)29-12-28-16/h4-5,7-9,15H,6,10-12H2,1-3H3. The third-order valence-electron chi connectivity index (χ3n) is 5.06. The molecule has 2 aliphatic heterocycles. The number of hydrogen-bond acceptors (Lipinski definition) is 7. The van der Waals surface area contributed by atoms with Crippen molar-refractivity contribution in [2.75, 3.05) is 34.7 Å². The lowest BCUT2D eigenvalue weighted by molar-refractivity contribution is 0.156. The first kappa shape index (κ1) is 19.0. The van der Waals surface area contributed by atoms with Gasteiger partial charge in [-0.25, -0.2) is 4.79 Å². The van der Waals surface area contributed by atoms with E-state index in [2.05, 4.69) is 0 Å². The number of ether oxygens (including phenoxy) is 6. The van der Waals surface area contributed by atoms with Crippen molar-refractivity contribution >= 4 is 6.09 Å². The Kier molecular flexibility index (Phi) is 5.24. The second-order valence-electron chi connectivity index (χ2n) is 6.78. The van der Waals surface area contributed by atoms with Gasteiger partial charge in [-0.15, -0.1) is 0 Å². The maximum absolute atomic E-state index is 12.4. The molecule has 29 heavy (non-hydrogen) atoms. The molecule has 2 aromatic rings. The molecule has 0 aliphatic carbocycles. The molecule has 0 spiro atoms. The lowest BCUT2D eigenvalue weighted by atomic mass is 10.0. The first-order valence-electron chi connectivity index (χ1n) is 9.23. The van der Waals surface area contributed by atoms with Crippen molar-refractivity contribution in [1.82, 2.24) is 4.90 Å². The van der Waals surface area contributed by atoms with Crippen LogP contribution in [-0.4, -0.2) is 51.8 Å². The summed E-state index contributed by atoms with van der Waals surface area (Å²) in [5, 5.41) is 0. The summed E-state index contributed by atoms with van der Waals surface area (Å²) in [6.45, 7) is 0.930. The van der Waals surface area contributed by atoms with Crippen molar-refractivity contribution in [1.29, 1.82) is 0 Å². The molecule has 1 amide bonds. The molecular formula is C21H23NO7. The minimum Gasteiger partial charge on any atom is -0.493 e. The summed E-state index contributed by atoms with van der Waals surface area (Å²) in [4.78, 5) is 14.1.